The fraction of sp³-hybridized carbons (Fsp3) is 0.294. The van der Waals surface area contributed by atoms with E-state index in [0.29, 0.717) is 5.56 Å². The second-order valence-corrected chi connectivity index (χ2v) is 4.94. The molecule has 0 amide bonds. The van der Waals surface area contributed by atoms with Gasteiger partial charge in [0.05, 0.1) is 0 Å². The molecule has 1 heteroatoms. The Hall–Kier alpha value is -1.63. The maximum absolute atomic E-state index is 14.1. The van der Waals surface area contributed by atoms with Gasteiger partial charge in [-0.3, -0.25) is 0 Å². The molecule has 18 heavy (non-hydrogen) atoms. The molecule has 0 radical (unpaired) electrons. The summed E-state index contributed by atoms with van der Waals surface area (Å²) in [6.45, 7) is 8.16. The monoisotopic (exact) mass is 242 g/mol. The quantitative estimate of drug-likeness (QED) is 0.696. The molecule has 0 nitrogen and oxygen atoms in total. The van der Waals surface area contributed by atoms with Gasteiger partial charge in [0.2, 0.25) is 0 Å². The maximum Gasteiger partial charge on any atom is 0.131 e. The van der Waals surface area contributed by atoms with Crippen molar-refractivity contribution < 1.29 is 4.39 Å². The van der Waals surface area contributed by atoms with Gasteiger partial charge >= 0.3 is 0 Å². The third kappa shape index (κ3) is 2.31. The van der Waals surface area contributed by atoms with Crippen LogP contribution in [0.25, 0.3) is 11.1 Å². The molecule has 0 N–H and O–H groups in total. The molecule has 0 spiro atoms. The van der Waals surface area contributed by atoms with Crippen LogP contribution >= 0.6 is 0 Å². The zero-order valence-corrected chi connectivity index (χ0v) is 11.5. The number of rotatable bonds is 2. The summed E-state index contributed by atoms with van der Waals surface area (Å²) in [5.74, 6) is -0.134. The molecule has 0 aromatic heterocycles. The Kier molecular flexibility index (Phi) is 3.51. The van der Waals surface area contributed by atoms with Gasteiger partial charge in [0, 0.05) is 5.56 Å². The first-order chi connectivity index (χ1) is 8.52. The largest absolute Gasteiger partial charge is 0.206 e. The summed E-state index contributed by atoms with van der Waals surface area (Å²) < 4.78 is 14.1. The summed E-state index contributed by atoms with van der Waals surface area (Å²) in [5, 5.41) is 0. The molecule has 0 aliphatic carbocycles. The van der Waals surface area contributed by atoms with E-state index < -0.39 is 0 Å². The van der Waals surface area contributed by atoms with Crippen molar-refractivity contribution in [3.63, 3.8) is 0 Å². The van der Waals surface area contributed by atoms with Gasteiger partial charge in [-0.1, -0.05) is 31.2 Å². The normalized spacial score (nSPS) is 10.7. The van der Waals surface area contributed by atoms with E-state index >= 15 is 0 Å². The Labute approximate surface area is 108 Å². The molecule has 0 fully saturated rings. The van der Waals surface area contributed by atoms with Gasteiger partial charge < -0.3 is 0 Å². The van der Waals surface area contributed by atoms with Crippen LogP contribution in [0.1, 0.15) is 29.2 Å². The van der Waals surface area contributed by atoms with Crippen molar-refractivity contribution in [2.75, 3.05) is 0 Å². The van der Waals surface area contributed by atoms with Crippen LogP contribution < -0.4 is 0 Å². The van der Waals surface area contributed by atoms with E-state index in [1.54, 1.807) is 6.07 Å². The zero-order chi connectivity index (χ0) is 13.3. The van der Waals surface area contributed by atoms with E-state index in [2.05, 4.69) is 32.9 Å². The van der Waals surface area contributed by atoms with Crippen LogP contribution in [0, 0.1) is 26.6 Å². The lowest BCUT2D eigenvalue weighted by molar-refractivity contribution is 0.630. The summed E-state index contributed by atoms with van der Waals surface area (Å²) in [5.41, 5.74) is 6.30. The number of benzene rings is 2. The molecule has 0 aliphatic heterocycles. The summed E-state index contributed by atoms with van der Waals surface area (Å²) in [7, 11) is 0. The van der Waals surface area contributed by atoms with E-state index in [-0.39, 0.29) is 5.82 Å². The van der Waals surface area contributed by atoms with Crippen LogP contribution in [-0.4, -0.2) is 0 Å². The summed E-state index contributed by atoms with van der Waals surface area (Å²) in [4.78, 5) is 0. The molecule has 0 saturated heterocycles. The first kappa shape index (κ1) is 12.8. The molecule has 2 rings (SSSR count). The predicted octanol–water partition coefficient (Wildman–Crippen LogP) is 4.98. The van der Waals surface area contributed by atoms with E-state index in [1.807, 2.05) is 19.1 Å². The Bertz CT molecular complexity index is 559. The third-order valence-corrected chi connectivity index (χ3v) is 3.39. The lowest BCUT2D eigenvalue weighted by Gasteiger charge is -2.13. The van der Waals surface area contributed by atoms with Gasteiger partial charge in [-0.2, -0.15) is 0 Å². The van der Waals surface area contributed by atoms with Crippen LogP contribution in [0.5, 0.6) is 0 Å². The van der Waals surface area contributed by atoms with E-state index in [1.165, 1.54) is 5.56 Å². The highest BCUT2D eigenvalue weighted by Crippen LogP contribution is 2.31. The first-order valence-corrected chi connectivity index (χ1v) is 6.39. The molecule has 2 aromatic carbocycles. The van der Waals surface area contributed by atoms with Crippen LogP contribution in [0.3, 0.4) is 0 Å². The highest BCUT2D eigenvalue weighted by Gasteiger charge is 2.11. The second kappa shape index (κ2) is 4.93. The molecular formula is C17H19F. The zero-order valence-electron chi connectivity index (χ0n) is 11.5. The minimum Gasteiger partial charge on any atom is -0.206 e. The minimum absolute atomic E-state index is 0.134. The average molecular weight is 242 g/mol. The minimum atomic E-state index is -0.134. The van der Waals surface area contributed by atoms with Crippen LogP contribution in [0.4, 0.5) is 4.39 Å². The van der Waals surface area contributed by atoms with Gasteiger partial charge in [-0.15, -0.1) is 0 Å². The number of hydrogen-bond donors (Lipinski definition) is 0. The Morgan fingerprint density at radius 3 is 2.06 bits per heavy atom. The molecule has 0 saturated carbocycles. The fourth-order valence-corrected chi connectivity index (χ4v) is 2.51. The van der Waals surface area contributed by atoms with Gasteiger partial charge in [0.15, 0.2) is 0 Å². The smallest absolute Gasteiger partial charge is 0.131 e. The van der Waals surface area contributed by atoms with Crippen molar-refractivity contribution in [2.24, 2.45) is 0 Å². The maximum atomic E-state index is 14.1. The lowest BCUT2D eigenvalue weighted by atomic mass is 9.92. The molecule has 0 aliphatic rings. The SMILES string of the molecule is CCc1cc(C)c(-c2ccc(C)cc2F)c(C)c1. The van der Waals surface area contributed by atoms with Crippen LogP contribution in [0.15, 0.2) is 30.3 Å². The van der Waals surface area contributed by atoms with Gasteiger partial charge in [0.1, 0.15) is 5.82 Å². The average Bonchev–Trinajstić information content (AvgIpc) is 2.30. The lowest BCUT2D eigenvalue weighted by Crippen LogP contribution is -1.94. The predicted molar refractivity (Wildman–Crippen MR) is 75.4 cm³/mol. The molecule has 0 unspecified atom stereocenters. The number of halogens is 1. The number of aryl methyl sites for hydroxylation is 4. The first-order valence-electron chi connectivity index (χ1n) is 6.39. The fourth-order valence-electron chi connectivity index (χ4n) is 2.51. The van der Waals surface area contributed by atoms with E-state index in [9.17, 15) is 4.39 Å². The van der Waals surface area contributed by atoms with Crippen molar-refractivity contribution >= 4 is 0 Å². The summed E-state index contributed by atoms with van der Waals surface area (Å²) >= 11 is 0. The Morgan fingerprint density at radius 1 is 0.944 bits per heavy atom. The van der Waals surface area contributed by atoms with Crippen molar-refractivity contribution in [3.8, 4) is 11.1 Å². The van der Waals surface area contributed by atoms with Crippen molar-refractivity contribution in [1.29, 1.82) is 0 Å². The molecular weight excluding hydrogens is 223 g/mol. The Balaban J connectivity index is 2.64. The Morgan fingerprint density at radius 2 is 1.56 bits per heavy atom. The summed E-state index contributed by atoms with van der Waals surface area (Å²) in [6.07, 6.45) is 1.01. The number of hydrogen-bond acceptors (Lipinski definition) is 0. The molecule has 94 valence electrons. The molecule has 0 bridgehead atoms. The molecule has 0 heterocycles. The van der Waals surface area contributed by atoms with Gasteiger partial charge in [-0.05, 0) is 61.1 Å². The van der Waals surface area contributed by atoms with Gasteiger partial charge in [0.25, 0.3) is 0 Å². The van der Waals surface area contributed by atoms with Gasteiger partial charge in [-0.25, -0.2) is 4.39 Å². The summed E-state index contributed by atoms with van der Waals surface area (Å²) in [6, 6.07) is 9.75. The van der Waals surface area contributed by atoms with E-state index in [0.717, 1.165) is 28.7 Å². The van der Waals surface area contributed by atoms with Crippen molar-refractivity contribution in [3.05, 3.63) is 58.4 Å². The van der Waals surface area contributed by atoms with E-state index in [4.69, 9.17) is 0 Å². The highest BCUT2D eigenvalue weighted by molar-refractivity contribution is 5.72. The highest BCUT2D eigenvalue weighted by atomic mass is 19.1. The van der Waals surface area contributed by atoms with Crippen molar-refractivity contribution in [1.82, 2.24) is 0 Å². The molecule has 2 aromatic rings. The topological polar surface area (TPSA) is 0 Å². The molecule has 0 atom stereocenters. The standard InChI is InChI=1S/C17H19F/c1-5-14-9-12(3)17(13(4)10-14)15-7-6-11(2)8-16(15)18/h6-10H,5H2,1-4H3. The third-order valence-electron chi connectivity index (χ3n) is 3.39. The van der Waals surface area contributed by atoms with Crippen LogP contribution in [0.2, 0.25) is 0 Å². The van der Waals surface area contributed by atoms with Crippen molar-refractivity contribution in [2.45, 2.75) is 34.1 Å². The second-order valence-electron chi connectivity index (χ2n) is 4.94. The van der Waals surface area contributed by atoms with Crippen LogP contribution in [-0.2, 0) is 6.42 Å².